The molecule has 21 heavy (non-hydrogen) atoms. The number of sulfonamides is 1. The monoisotopic (exact) mass is 319 g/mol. The van der Waals surface area contributed by atoms with Crippen LogP contribution in [0.25, 0.3) is 10.2 Å². The Balaban J connectivity index is 1.84. The Labute approximate surface area is 126 Å². The molecule has 108 valence electrons. The van der Waals surface area contributed by atoms with Crippen molar-refractivity contribution in [3.63, 3.8) is 0 Å². The van der Waals surface area contributed by atoms with Crippen LogP contribution < -0.4 is 10.0 Å². The van der Waals surface area contributed by atoms with Gasteiger partial charge in [-0.3, -0.25) is 4.72 Å². The number of fused-ring (bicyclic) bond motifs is 1. The molecular weight excluding hydrogens is 306 g/mol. The predicted molar refractivity (Wildman–Crippen MR) is 87.8 cm³/mol. The summed E-state index contributed by atoms with van der Waals surface area (Å²) in [7, 11) is -3.25. The van der Waals surface area contributed by atoms with Crippen LogP contribution >= 0.6 is 11.3 Å². The molecule has 0 radical (unpaired) electrons. The second-order valence-corrected chi connectivity index (χ2v) is 7.22. The molecule has 0 spiro atoms. The molecule has 3 aromatic rings. The van der Waals surface area contributed by atoms with Crippen molar-refractivity contribution in [1.82, 2.24) is 4.98 Å². The van der Waals surface area contributed by atoms with Crippen LogP contribution in [-0.2, 0) is 10.0 Å². The number of nitrogens with zero attached hydrogens (tertiary/aromatic N) is 1. The molecule has 0 amide bonds. The summed E-state index contributed by atoms with van der Waals surface area (Å²) in [6.45, 7) is 0. The second kappa shape index (κ2) is 5.34. The first-order valence-electron chi connectivity index (χ1n) is 6.18. The number of nitrogens with one attached hydrogen (secondary N) is 2. The van der Waals surface area contributed by atoms with Crippen molar-refractivity contribution in [2.45, 2.75) is 0 Å². The van der Waals surface area contributed by atoms with Gasteiger partial charge in [-0.25, -0.2) is 13.4 Å². The number of hydrogen-bond donors (Lipinski definition) is 2. The van der Waals surface area contributed by atoms with E-state index in [0.717, 1.165) is 27.8 Å². The maximum absolute atomic E-state index is 11.2. The van der Waals surface area contributed by atoms with Crippen molar-refractivity contribution < 1.29 is 8.42 Å². The van der Waals surface area contributed by atoms with Gasteiger partial charge in [0, 0.05) is 23.0 Å². The molecule has 3 rings (SSSR count). The third kappa shape index (κ3) is 3.32. The molecule has 0 fully saturated rings. The summed E-state index contributed by atoms with van der Waals surface area (Å²) in [5.41, 5.74) is 2.40. The van der Waals surface area contributed by atoms with Gasteiger partial charge in [-0.1, -0.05) is 0 Å². The van der Waals surface area contributed by atoms with E-state index in [1.165, 1.54) is 0 Å². The highest BCUT2D eigenvalue weighted by Gasteiger charge is 2.04. The lowest BCUT2D eigenvalue weighted by Gasteiger charge is -2.09. The van der Waals surface area contributed by atoms with Crippen LogP contribution in [0.3, 0.4) is 0 Å². The van der Waals surface area contributed by atoms with Gasteiger partial charge in [-0.15, -0.1) is 11.3 Å². The van der Waals surface area contributed by atoms with Crippen LogP contribution in [0.4, 0.5) is 17.1 Å². The van der Waals surface area contributed by atoms with Gasteiger partial charge < -0.3 is 5.32 Å². The molecule has 5 nitrogen and oxygen atoms in total. The molecule has 2 aromatic heterocycles. The summed E-state index contributed by atoms with van der Waals surface area (Å²) in [6.07, 6.45) is 2.89. The van der Waals surface area contributed by atoms with Gasteiger partial charge in [0.2, 0.25) is 10.0 Å². The number of benzene rings is 1. The highest BCUT2D eigenvalue weighted by atomic mass is 32.2. The van der Waals surface area contributed by atoms with Gasteiger partial charge in [-0.2, -0.15) is 0 Å². The molecule has 0 aliphatic heterocycles. The van der Waals surface area contributed by atoms with E-state index in [0.29, 0.717) is 5.69 Å². The highest BCUT2D eigenvalue weighted by Crippen LogP contribution is 2.28. The van der Waals surface area contributed by atoms with Gasteiger partial charge in [0.15, 0.2) is 0 Å². The third-order valence-electron chi connectivity index (χ3n) is 2.84. The average Bonchev–Trinajstić information content (AvgIpc) is 2.89. The topological polar surface area (TPSA) is 71.1 Å². The normalized spacial score (nSPS) is 11.5. The molecule has 0 unspecified atom stereocenters. The molecule has 1 aromatic carbocycles. The minimum Gasteiger partial charge on any atom is -0.355 e. The minimum absolute atomic E-state index is 0.540. The van der Waals surface area contributed by atoms with Gasteiger partial charge in [-0.05, 0) is 41.8 Å². The quantitative estimate of drug-likeness (QED) is 0.773. The van der Waals surface area contributed by atoms with E-state index in [2.05, 4.69) is 15.0 Å². The summed E-state index contributed by atoms with van der Waals surface area (Å²) in [5, 5.41) is 6.38. The molecule has 7 heteroatoms. The van der Waals surface area contributed by atoms with E-state index in [9.17, 15) is 8.42 Å². The van der Waals surface area contributed by atoms with Crippen LogP contribution in [0.1, 0.15) is 0 Å². The van der Waals surface area contributed by atoms with Gasteiger partial charge >= 0.3 is 0 Å². The van der Waals surface area contributed by atoms with Gasteiger partial charge in [0.1, 0.15) is 4.83 Å². The lowest BCUT2D eigenvalue weighted by molar-refractivity contribution is 0.607. The zero-order valence-corrected chi connectivity index (χ0v) is 12.8. The van der Waals surface area contributed by atoms with Crippen LogP contribution in [-0.4, -0.2) is 19.7 Å². The molecule has 0 aliphatic rings. The summed E-state index contributed by atoms with van der Waals surface area (Å²) in [4.78, 5) is 5.28. The Morgan fingerprint density at radius 2 is 1.76 bits per heavy atom. The van der Waals surface area contributed by atoms with Crippen molar-refractivity contribution >= 4 is 48.6 Å². The van der Waals surface area contributed by atoms with Crippen molar-refractivity contribution in [1.29, 1.82) is 0 Å². The zero-order valence-electron chi connectivity index (χ0n) is 11.2. The number of thiophene rings is 1. The lowest BCUT2D eigenvalue weighted by Crippen LogP contribution is -2.09. The molecule has 2 N–H and O–H groups in total. The fraction of sp³-hybridized carbons (Fsp3) is 0.0714. The Hall–Kier alpha value is -2.12. The first kappa shape index (κ1) is 13.8. The van der Waals surface area contributed by atoms with Crippen LogP contribution in [0.5, 0.6) is 0 Å². The number of pyridine rings is 1. The summed E-state index contributed by atoms with van der Waals surface area (Å²) in [6, 6.07) is 11.0. The Kier molecular flexibility index (Phi) is 3.52. The van der Waals surface area contributed by atoms with E-state index in [1.54, 1.807) is 29.7 Å². The second-order valence-electron chi connectivity index (χ2n) is 4.57. The maximum atomic E-state index is 11.2. The van der Waals surface area contributed by atoms with Crippen molar-refractivity contribution in [3.8, 4) is 0 Å². The van der Waals surface area contributed by atoms with Crippen molar-refractivity contribution in [2.24, 2.45) is 0 Å². The Bertz CT molecular complexity index is 871. The Morgan fingerprint density at radius 3 is 2.48 bits per heavy atom. The highest BCUT2D eigenvalue weighted by molar-refractivity contribution is 7.92. The third-order valence-corrected chi connectivity index (χ3v) is 4.26. The molecule has 2 heterocycles. The number of aromatic nitrogens is 1. The Morgan fingerprint density at radius 1 is 1.05 bits per heavy atom. The fourth-order valence-corrected chi connectivity index (χ4v) is 3.30. The SMILES string of the molecule is CS(=O)(=O)Nc1ccc(Nc2ccnc3sccc23)cc1. The van der Waals surface area contributed by atoms with E-state index >= 15 is 0 Å². The number of hydrogen-bond acceptors (Lipinski definition) is 5. The van der Waals surface area contributed by atoms with Crippen LogP contribution in [0.15, 0.2) is 48.0 Å². The van der Waals surface area contributed by atoms with E-state index in [4.69, 9.17) is 0 Å². The standard InChI is InChI=1S/C14H13N3O2S2/c1-21(18,19)17-11-4-2-10(3-5-11)16-13-6-8-15-14-12(13)7-9-20-14/h2-9,17H,1H3,(H,15,16). The smallest absolute Gasteiger partial charge is 0.229 e. The largest absolute Gasteiger partial charge is 0.355 e. The molecule has 0 bridgehead atoms. The summed E-state index contributed by atoms with van der Waals surface area (Å²) in [5.74, 6) is 0. The maximum Gasteiger partial charge on any atom is 0.229 e. The minimum atomic E-state index is -3.25. The summed E-state index contributed by atoms with van der Waals surface area (Å²) >= 11 is 1.59. The zero-order chi connectivity index (χ0) is 14.9. The van der Waals surface area contributed by atoms with Gasteiger partial charge in [0.25, 0.3) is 0 Å². The van der Waals surface area contributed by atoms with E-state index < -0.39 is 10.0 Å². The van der Waals surface area contributed by atoms with Crippen molar-refractivity contribution in [2.75, 3.05) is 16.3 Å². The molecule has 0 atom stereocenters. The molecule has 0 saturated heterocycles. The van der Waals surface area contributed by atoms with E-state index in [-0.39, 0.29) is 0 Å². The number of rotatable bonds is 4. The predicted octanol–water partition coefficient (Wildman–Crippen LogP) is 3.41. The van der Waals surface area contributed by atoms with E-state index in [1.807, 2.05) is 29.6 Å². The average molecular weight is 319 g/mol. The van der Waals surface area contributed by atoms with Crippen molar-refractivity contribution in [3.05, 3.63) is 48.0 Å². The van der Waals surface area contributed by atoms with Crippen LogP contribution in [0, 0.1) is 0 Å². The van der Waals surface area contributed by atoms with Crippen LogP contribution in [0.2, 0.25) is 0 Å². The first-order valence-corrected chi connectivity index (χ1v) is 8.95. The fourth-order valence-electron chi connectivity index (χ4n) is 1.98. The lowest BCUT2D eigenvalue weighted by atomic mass is 10.2. The molecule has 0 saturated carbocycles. The summed E-state index contributed by atoms with van der Waals surface area (Å²) < 4.78 is 24.8. The molecular formula is C14H13N3O2S2. The number of anilines is 3. The first-order chi connectivity index (χ1) is 10.0. The van der Waals surface area contributed by atoms with Gasteiger partial charge in [0.05, 0.1) is 11.9 Å². The molecule has 0 aliphatic carbocycles.